The van der Waals surface area contributed by atoms with Crippen molar-refractivity contribution in [2.75, 3.05) is 0 Å². The number of hydrogen-bond donors (Lipinski definition) is 0. The van der Waals surface area contributed by atoms with E-state index in [4.69, 9.17) is 0 Å². The SMILES string of the molecule is CC/C=C/C=C1/C(=O)[C@@H]2[C@H]([C@@H]1C)[C@H]1C=C[C@@H]2C1. The normalized spacial score (nSPS) is 45.4. The molecule has 0 unspecified atom stereocenters. The summed E-state index contributed by atoms with van der Waals surface area (Å²) in [4.78, 5) is 12.4. The van der Waals surface area contributed by atoms with E-state index >= 15 is 0 Å². The number of allylic oxidation sites excluding steroid dienone is 6. The number of ketones is 1. The minimum Gasteiger partial charge on any atom is -0.294 e. The maximum atomic E-state index is 12.4. The molecule has 0 amide bonds. The molecule has 0 aromatic heterocycles. The Morgan fingerprint density at radius 2 is 2.12 bits per heavy atom. The minimum atomic E-state index is 0.307. The first-order chi connectivity index (χ1) is 8.24. The first-order valence-electron chi connectivity index (χ1n) is 6.83. The van der Waals surface area contributed by atoms with Crippen molar-refractivity contribution in [2.45, 2.75) is 26.7 Å². The third-order valence-corrected chi connectivity index (χ3v) is 4.82. The lowest BCUT2D eigenvalue weighted by Gasteiger charge is -2.21. The smallest absolute Gasteiger partial charge is 0.163 e. The van der Waals surface area contributed by atoms with Crippen molar-refractivity contribution in [1.29, 1.82) is 0 Å². The van der Waals surface area contributed by atoms with Gasteiger partial charge >= 0.3 is 0 Å². The van der Waals surface area contributed by atoms with Crippen molar-refractivity contribution >= 4 is 5.78 Å². The van der Waals surface area contributed by atoms with E-state index in [0.29, 0.717) is 35.4 Å². The Bertz CT molecular complexity index is 427. The molecule has 3 rings (SSSR count). The molecule has 0 spiro atoms. The van der Waals surface area contributed by atoms with E-state index in [-0.39, 0.29) is 0 Å². The number of rotatable bonds is 2. The Labute approximate surface area is 103 Å². The molecule has 0 saturated heterocycles. The summed E-state index contributed by atoms with van der Waals surface area (Å²) >= 11 is 0. The van der Waals surface area contributed by atoms with Gasteiger partial charge in [0.1, 0.15) is 0 Å². The van der Waals surface area contributed by atoms with Gasteiger partial charge in [-0.1, -0.05) is 44.2 Å². The fraction of sp³-hybridized carbons (Fsp3) is 0.562. The van der Waals surface area contributed by atoms with Crippen LogP contribution in [0.25, 0.3) is 0 Å². The van der Waals surface area contributed by atoms with Gasteiger partial charge in [0.2, 0.25) is 0 Å². The van der Waals surface area contributed by atoms with Crippen LogP contribution in [0.15, 0.2) is 36.0 Å². The molecule has 3 aliphatic carbocycles. The molecular formula is C16H20O. The van der Waals surface area contributed by atoms with E-state index < -0.39 is 0 Å². The van der Waals surface area contributed by atoms with Crippen LogP contribution >= 0.6 is 0 Å². The highest BCUT2D eigenvalue weighted by atomic mass is 16.1. The monoisotopic (exact) mass is 228 g/mol. The van der Waals surface area contributed by atoms with Gasteiger partial charge in [-0.25, -0.2) is 0 Å². The van der Waals surface area contributed by atoms with E-state index in [2.05, 4.69) is 44.2 Å². The summed E-state index contributed by atoms with van der Waals surface area (Å²) in [5.41, 5.74) is 1.07. The zero-order valence-corrected chi connectivity index (χ0v) is 10.6. The molecule has 17 heavy (non-hydrogen) atoms. The van der Waals surface area contributed by atoms with Crippen molar-refractivity contribution in [1.82, 2.24) is 0 Å². The largest absolute Gasteiger partial charge is 0.294 e. The molecule has 0 N–H and O–H groups in total. The summed E-state index contributed by atoms with van der Waals surface area (Å²) in [6, 6.07) is 0. The highest BCUT2D eigenvalue weighted by Crippen LogP contribution is 2.57. The Morgan fingerprint density at radius 3 is 2.82 bits per heavy atom. The number of hydrogen-bond acceptors (Lipinski definition) is 1. The van der Waals surface area contributed by atoms with Crippen LogP contribution in [0.4, 0.5) is 0 Å². The van der Waals surface area contributed by atoms with Crippen LogP contribution in [-0.4, -0.2) is 5.78 Å². The molecule has 2 saturated carbocycles. The van der Waals surface area contributed by atoms with Crippen LogP contribution in [0.3, 0.4) is 0 Å². The van der Waals surface area contributed by atoms with Gasteiger partial charge < -0.3 is 0 Å². The van der Waals surface area contributed by atoms with Gasteiger partial charge in [0.15, 0.2) is 5.78 Å². The fourth-order valence-electron chi connectivity index (χ4n) is 4.08. The topological polar surface area (TPSA) is 17.1 Å². The summed E-state index contributed by atoms with van der Waals surface area (Å²) in [5.74, 6) is 3.00. The average Bonchev–Trinajstić information content (AvgIpc) is 2.97. The van der Waals surface area contributed by atoms with Gasteiger partial charge in [0.05, 0.1) is 0 Å². The van der Waals surface area contributed by atoms with E-state index in [1.807, 2.05) is 0 Å². The highest BCUT2D eigenvalue weighted by molar-refractivity contribution is 6.01. The van der Waals surface area contributed by atoms with Gasteiger partial charge in [-0.2, -0.15) is 0 Å². The minimum absolute atomic E-state index is 0.307. The lowest BCUT2D eigenvalue weighted by molar-refractivity contribution is -0.119. The van der Waals surface area contributed by atoms with E-state index in [9.17, 15) is 4.79 Å². The summed E-state index contributed by atoms with van der Waals surface area (Å²) < 4.78 is 0. The number of carbonyl (C=O) groups excluding carboxylic acids is 1. The molecule has 2 bridgehead atoms. The average molecular weight is 228 g/mol. The van der Waals surface area contributed by atoms with Crippen LogP contribution in [0.1, 0.15) is 26.7 Å². The van der Waals surface area contributed by atoms with Crippen molar-refractivity contribution in [3.63, 3.8) is 0 Å². The number of fused-ring (bicyclic) bond motifs is 5. The van der Waals surface area contributed by atoms with Gasteiger partial charge in [0, 0.05) is 5.92 Å². The second-order valence-corrected chi connectivity index (χ2v) is 5.66. The van der Waals surface area contributed by atoms with Crippen LogP contribution in [0.2, 0.25) is 0 Å². The number of Topliss-reactive ketones (excluding diaryl/α,β-unsaturated/α-hetero) is 1. The molecule has 0 aliphatic heterocycles. The standard InChI is InChI=1S/C16H20O/c1-3-4-5-6-13-10(2)14-11-7-8-12(9-11)15(14)16(13)17/h4-8,10-12,14-15H,3,9H2,1-2H3/b5-4+,13-6+/t10-,11+,12-,14-,15+/m1/s1. The Kier molecular flexibility index (Phi) is 2.57. The second-order valence-electron chi connectivity index (χ2n) is 5.66. The molecule has 0 aromatic carbocycles. The Balaban J connectivity index is 1.90. The second kappa shape index (κ2) is 3.97. The van der Waals surface area contributed by atoms with Gasteiger partial charge in [-0.3, -0.25) is 4.79 Å². The van der Waals surface area contributed by atoms with Crippen LogP contribution in [0, 0.1) is 29.6 Å². The molecule has 1 heteroatoms. The van der Waals surface area contributed by atoms with Crippen molar-refractivity contribution in [3.05, 3.63) is 36.0 Å². The number of carbonyl (C=O) groups is 1. The van der Waals surface area contributed by atoms with Crippen molar-refractivity contribution in [2.24, 2.45) is 29.6 Å². The summed E-state index contributed by atoms with van der Waals surface area (Å²) in [6.45, 7) is 4.36. The van der Waals surface area contributed by atoms with Crippen molar-refractivity contribution in [3.8, 4) is 0 Å². The molecule has 2 fully saturated rings. The lowest BCUT2D eigenvalue weighted by Crippen LogP contribution is -2.20. The summed E-state index contributed by atoms with van der Waals surface area (Å²) in [6.07, 6.45) is 13.1. The van der Waals surface area contributed by atoms with Crippen molar-refractivity contribution < 1.29 is 4.79 Å². The first kappa shape index (κ1) is 11.0. The van der Waals surface area contributed by atoms with Crippen LogP contribution in [0.5, 0.6) is 0 Å². The zero-order chi connectivity index (χ0) is 12.0. The molecule has 1 nitrogen and oxygen atoms in total. The lowest BCUT2D eigenvalue weighted by atomic mass is 9.81. The molecule has 0 aromatic rings. The van der Waals surface area contributed by atoms with Crippen LogP contribution < -0.4 is 0 Å². The van der Waals surface area contributed by atoms with Gasteiger partial charge in [-0.05, 0) is 42.1 Å². The Morgan fingerprint density at radius 1 is 1.35 bits per heavy atom. The molecule has 0 heterocycles. The van der Waals surface area contributed by atoms with Crippen LogP contribution in [-0.2, 0) is 4.79 Å². The maximum absolute atomic E-state index is 12.4. The fourth-order valence-corrected chi connectivity index (χ4v) is 4.08. The van der Waals surface area contributed by atoms with E-state index in [1.54, 1.807) is 0 Å². The third-order valence-electron chi connectivity index (χ3n) is 4.82. The summed E-state index contributed by atoms with van der Waals surface area (Å²) in [7, 11) is 0. The molecule has 0 radical (unpaired) electrons. The maximum Gasteiger partial charge on any atom is 0.163 e. The van der Waals surface area contributed by atoms with E-state index in [0.717, 1.165) is 12.0 Å². The quantitative estimate of drug-likeness (QED) is 0.522. The zero-order valence-electron chi connectivity index (χ0n) is 10.6. The molecular weight excluding hydrogens is 208 g/mol. The third kappa shape index (κ3) is 1.48. The van der Waals surface area contributed by atoms with Gasteiger partial charge in [-0.15, -0.1) is 0 Å². The van der Waals surface area contributed by atoms with E-state index in [1.165, 1.54) is 6.42 Å². The molecule has 5 atom stereocenters. The molecule has 90 valence electrons. The van der Waals surface area contributed by atoms with Gasteiger partial charge in [0.25, 0.3) is 0 Å². The first-order valence-corrected chi connectivity index (χ1v) is 6.83. The summed E-state index contributed by atoms with van der Waals surface area (Å²) in [5, 5.41) is 0. The predicted octanol–water partition coefficient (Wildman–Crippen LogP) is 3.54. The highest BCUT2D eigenvalue weighted by Gasteiger charge is 2.55. The predicted molar refractivity (Wildman–Crippen MR) is 69.4 cm³/mol. The Hall–Kier alpha value is -1.11. The molecule has 3 aliphatic rings.